The van der Waals surface area contributed by atoms with E-state index in [2.05, 4.69) is 20.6 Å². The number of aromatic amines is 1. The van der Waals surface area contributed by atoms with Crippen molar-refractivity contribution in [2.75, 3.05) is 6.54 Å². The van der Waals surface area contributed by atoms with E-state index in [1.165, 1.54) is 30.3 Å². The van der Waals surface area contributed by atoms with Crippen molar-refractivity contribution in [1.29, 1.82) is 0 Å². The zero-order valence-corrected chi connectivity index (χ0v) is 16.0. The highest BCUT2D eigenvalue weighted by Crippen LogP contribution is 2.32. The lowest BCUT2D eigenvalue weighted by Gasteiger charge is -2.24. The molecule has 1 aliphatic rings. The second-order valence-corrected chi connectivity index (χ2v) is 7.15. The monoisotopic (exact) mass is 405 g/mol. The summed E-state index contributed by atoms with van der Waals surface area (Å²) in [6, 6.07) is 6.98. The van der Waals surface area contributed by atoms with Gasteiger partial charge >= 0.3 is 5.92 Å². The fourth-order valence-electron chi connectivity index (χ4n) is 3.46. The molecule has 9 heteroatoms. The third kappa shape index (κ3) is 5.44. The van der Waals surface area contributed by atoms with Crippen molar-refractivity contribution < 1.29 is 18.7 Å². The summed E-state index contributed by atoms with van der Waals surface area (Å²) in [5, 5.41) is 23.7. The number of aliphatic hydroxyl groups is 1. The summed E-state index contributed by atoms with van der Waals surface area (Å²) < 4.78 is 28.8. The van der Waals surface area contributed by atoms with E-state index in [9.17, 15) is 18.7 Å². The van der Waals surface area contributed by atoms with Gasteiger partial charge in [-0.3, -0.25) is 4.79 Å². The molecule has 7 nitrogen and oxygen atoms in total. The van der Waals surface area contributed by atoms with Gasteiger partial charge in [-0.1, -0.05) is 54.1 Å². The van der Waals surface area contributed by atoms with Crippen LogP contribution in [-0.4, -0.2) is 55.2 Å². The van der Waals surface area contributed by atoms with Crippen molar-refractivity contribution in [3.05, 3.63) is 53.9 Å². The lowest BCUT2D eigenvalue weighted by Crippen LogP contribution is -2.34. The number of benzene rings is 1. The number of tetrazole rings is 1. The van der Waals surface area contributed by atoms with E-state index in [0.717, 1.165) is 25.3 Å². The van der Waals surface area contributed by atoms with Gasteiger partial charge in [0.1, 0.15) is 6.10 Å². The summed E-state index contributed by atoms with van der Waals surface area (Å²) in [6.45, 7) is 0.561. The molecule has 2 aromatic rings. The van der Waals surface area contributed by atoms with Crippen molar-refractivity contribution in [2.24, 2.45) is 0 Å². The number of aryl methyl sites for hydroxylation is 1. The number of aromatic nitrogens is 4. The number of likely N-dealkylation sites (tertiary alicyclic amines) is 1. The van der Waals surface area contributed by atoms with Gasteiger partial charge in [0.05, 0.1) is 6.04 Å². The van der Waals surface area contributed by atoms with E-state index in [0.29, 0.717) is 31.6 Å². The first-order valence-corrected chi connectivity index (χ1v) is 9.80. The highest BCUT2D eigenvalue weighted by atomic mass is 19.3. The average Bonchev–Trinajstić information content (AvgIpc) is 3.37. The smallest absolute Gasteiger partial charge is 0.302 e. The molecule has 156 valence electrons. The third-order valence-electron chi connectivity index (χ3n) is 5.11. The molecule has 2 atom stereocenters. The van der Waals surface area contributed by atoms with Gasteiger partial charge in [-0.25, -0.2) is 0 Å². The zero-order chi connectivity index (χ0) is 20.7. The number of alkyl halides is 2. The van der Waals surface area contributed by atoms with Crippen LogP contribution >= 0.6 is 0 Å². The Labute approximate surface area is 167 Å². The fraction of sp³-hybridized carbons (Fsp3) is 0.500. The second kappa shape index (κ2) is 9.69. The van der Waals surface area contributed by atoms with Gasteiger partial charge in [-0.15, -0.1) is 10.2 Å². The van der Waals surface area contributed by atoms with Crippen molar-refractivity contribution in [1.82, 2.24) is 25.5 Å². The Hall–Kier alpha value is -2.68. The quantitative estimate of drug-likeness (QED) is 0.468. The molecule has 0 saturated carbocycles. The maximum absolute atomic E-state index is 14.4. The number of carbonyl (C=O) groups excluding carboxylic acids is 1. The van der Waals surface area contributed by atoms with Crippen LogP contribution in [0.1, 0.15) is 43.5 Å². The number of aliphatic hydroxyl groups excluding tert-OH is 1. The van der Waals surface area contributed by atoms with Crippen molar-refractivity contribution in [3.63, 3.8) is 0 Å². The lowest BCUT2D eigenvalue weighted by molar-refractivity contribution is -0.128. The van der Waals surface area contributed by atoms with Crippen LogP contribution in [0, 0.1) is 0 Å². The Morgan fingerprint density at radius 3 is 2.79 bits per heavy atom. The first kappa shape index (κ1) is 21.0. The van der Waals surface area contributed by atoms with Crippen LogP contribution in [0.5, 0.6) is 0 Å². The van der Waals surface area contributed by atoms with E-state index in [4.69, 9.17) is 0 Å². The van der Waals surface area contributed by atoms with E-state index < -0.39 is 12.0 Å². The largest absolute Gasteiger partial charge is 0.382 e. The Bertz CT molecular complexity index is 798. The number of halogens is 2. The minimum atomic E-state index is -3.39. The molecule has 0 unspecified atom stereocenters. The standard InChI is InChI=1S/C20H25F2N5O2/c21-20(22,15-7-3-1-4-8-15)17(28)12-10-16-11-13-19(29)27(16)14-6-2-5-9-18-23-25-26-24-18/h1,3-4,7-8,10,12,16-17,28H,2,5-6,9,11,13-14H2,(H,23,24,25,26)/b12-10+/t16-,17+/m0/s1. The van der Waals surface area contributed by atoms with Gasteiger partial charge in [0.2, 0.25) is 5.91 Å². The van der Waals surface area contributed by atoms with Crippen LogP contribution in [0.2, 0.25) is 0 Å². The Morgan fingerprint density at radius 2 is 2.07 bits per heavy atom. The molecule has 0 aliphatic carbocycles. The number of amides is 1. The number of nitrogens with zero attached hydrogens (tertiary/aromatic N) is 4. The van der Waals surface area contributed by atoms with Crippen molar-refractivity contribution >= 4 is 5.91 Å². The van der Waals surface area contributed by atoms with Crippen LogP contribution in [0.15, 0.2) is 42.5 Å². The van der Waals surface area contributed by atoms with Gasteiger partial charge < -0.3 is 10.0 Å². The summed E-state index contributed by atoms with van der Waals surface area (Å²) in [4.78, 5) is 13.9. The first-order chi connectivity index (χ1) is 14.0. The van der Waals surface area contributed by atoms with E-state index in [1.54, 1.807) is 11.0 Å². The van der Waals surface area contributed by atoms with Gasteiger partial charge in [-0.05, 0) is 19.3 Å². The van der Waals surface area contributed by atoms with Gasteiger partial charge in [0, 0.05) is 24.9 Å². The molecule has 1 amide bonds. The van der Waals surface area contributed by atoms with Gasteiger partial charge in [0.25, 0.3) is 0 Å². The molecule has 2 N–H and O–H groups in total. The fourth-order valence-corrected chi connectivity index (χ4v) is 3.46. The molecule has 2 heterocycles. The van der Waals surface area contributed by atoms with E-state index in [1.807, 2.05) is 0 Å². The van der Waals surface area contributed by atoms with Crippen LogP contribution in [0.3, 0.4) is 0 Å². The summed E-state index contributed by atoms with van der Waals surface area (Å²) in [5.74, 6) is -2.71. The van der Waals surface area contributed by atoms with Crippen LogP contribution in [0.25, 0.3) is 0 Å². The second-order valence-electron chi connectivity index (χ2n) is 7.15. The normalized spacial score (nSPS) is 18.7. The van der Waals surface area contributed by atoms with E-state index >= 15 is 0 Å². The summed E-state index contributed by atoms with van der Waals surface area (Å²) >= 11 is 0. The number of nitrogens with one attached hydrogen (secondary N) is 1. The molecule has 0 radical (unpaired) electrons. The van der Waals surface area contributed by atoms with Gasteiger partial charge in [-0.2, -0.15) is 14.0 Å². The van der Waals surface area contributed by atoms with Crippen LogP contribution < -0.4 is 0 Å². The minimum Gasteiger partial charge on any atom is -0.382 e. The van der Waals surface area contributed by atoms with Crippen molar-refractivity contribution in [2.45, 2.75) is 56.6 Å². The SMILES string of the molecule is O=C1CC[C@H](/C=C/[C@@H](O)C(F)(F)c2ccccc2)N1CCCCCc1nn[nH]n1. The predicted octanol–water partition coefficient (Wildman–Crippen LogP) is 2.61. The molecule has 3 rings (SSSR count). The number of H-pyrrole nitrogens is 1. The molecule has 1 aromatic carbocycles. The third-order valence-corrected chi connectivity index (χ3v) is 5.11. The van der Waals surface area contributed by atoms with Gasteiger partial charge in [0.15, 0.2) is 5.82 Å². The molecule has 1 aliphatic heterocycles. The molecule has 0 bridgehead atoms. The summed E-state index contributed by atoms with van der Waals surface area (Å²) in [6.07, 6.45) is 4.95. The number of rotatable bonds is 10. The van der Waals surface area contributed by atoms with Crippen LogP contribution in [0.4, 0.5) is 8.78 Å². The predicted molar refractivity (Wildman–Crippen MR) is 102 cm³/mol. The number of hydrogen-bond donors (Lipinski definition) is 2. The molecule has 1 saturated heterocycles. The Kier molecular flexibility index (Phi) is 7.03. The van der Waals surface area contributed by atoms with E-state index in [-0.39, 0.29) is 17.5 Å². The minimum absolute atomic E-state index is 0.0159. The number of hydrogen-bond acceptors (Lipinski definition) is 5. The summed E-state index contributed by atoms with van der Waals surface area (Å²) in [7, 11) is 0. The van der Waals surface area contributed by atoms with Crippen molar-refractivity contribution in [3.8, 4) is 0 Å². The Morgan fingerprint density at radius 1 is 1.28 bits per heavy atom. The molecule has 1 aromatic heterocycles. The maximum Gasteiger partial charge on any atom is 0.302 e. The lowest BCUT2D eigenvalue weighted by atomic mass is 10.0. The molecule has 1 fully saturated rings. The maximum atomic E-state index is 14.4. The number of unbranched alkanes of at least 4 members (excludes halogenated alkanes) is 2. The highest BCUT2D eigenvalue weighted by Gasteiger charge is 2.39. The average molecular weight is 405 g/mol. The summed E-state index contributed by atoms with van der Waals surface area (Å²) in [5.41, 5.74) is -0.238. The molecule has 0 spiro atoms. The molecule has 29 heavy (non-hydrogen) atoms. The molecular formula is C20H25F2N5O2. The highest BCUT2D eigenvalue weighted by molar-refractivity contribution is 5.79. The topological polar surface area (TPSA) is 95.0 Å². The zero-order valence-electron chi connectivity index (χ0n) is 16.0. The first-order valence-electron chi connectivity index (χ1n) is 9.80. The van der Waals surface area contributed by atoms with Crippen LogP contribution in [-0.2, 0) is 17.1 Å². The Balaban J connectivity index is 1.50. The molecular weight excluding hydrogens is 380 g/mol. The number of carbonyl (C=O) groups is 1.